The van der Waals surface area contributed by atoms with Crippen LogP contribution in [0.2, 0.25) is 0 Å². The van der Waals surface area contributed by atoms with Crippen molar-refractivity contribution in [1.82, 2.24) is 5.32 Å². The van der Waals surface area contributed by atoms with Crippen LogP contribution in [0.25, 0.3) is 0 Å². The van der Waals surface area contributed by atoms with Gasteiger partial charge in [-0.2, -0.15) is 0 Å². The molecule has 2 unspecified atom stereocenters. The molecule has 0 heterocycles. The normalized spacial score (nSPS) is 24.9. The fraction of sp³-hybridized carbons (Fsp3) is 0.625. The summed E-state index contributed by atoms with van der Waals surface area (Å²) in [6.45, 7) is 2.93. The molecule has 0 aliphatic heterocycles. The van der Waals surface area contributed by atoms with E-state index in [1.54, 1.807) is 7.11 Å². The third-order valence-electron chi connectivity index (χ3n) is 3.88. The van der Waals surface area contributed by atoms with E-state index in [0.717, 1.165) is 18.4 Å². The Hall–Kier alpha value is -0.940. The first-order chi connectivity index (χ1) is 9.69. The summed E-state index contributed by atoms with van der Waals surface area (Å²) >= 11 is 0. The second kappa shape index (κ2) is 7.74. The van der Waals surface area contributed by atoms with Gasteiger partial charge in [-0.15, -0.1) is 0 Å². The number of aliphatic hydroxyl groups excluding tert-OH is 1. The summed E-state index contributed by atoms with van der Waals surface area (Å²) in [5.41, 5.74) is 1.13. The van der Waals surface area contributed by atoms with Gasteiger partial charge in [0.2, 0.25) is 0 Å². The van der Waals surface area contributed by atoms with Crippen molar-refractivity contribution in [2.24, 2.45) is 0 Å². The lowest BCUT2D eigenvalue weighted by Gasteiger charge is -2.35. The molecule has 4 nitrogen and oxygen atoms in total. The molecule has 0 bridgehead atoms. The third kappa shape index (κ3) is 4.56. The van der Waals surface area contributed by atoms with Gasteiger partial charge in [0.25, 0.3) is 0 Å². The van der Waals surface area contributed by atoms with E-state index < -0.39 is 6.10 Å². The molecule has 20 heavy (non-hydrogen) atoms. The molecule has 1 aliphatic carbocycles. The summed E-state index contributed by atoms with van der Waals surface area (Å²) < 4.78 is 10.9. The number of methoxy groups -OCH3 is 1. The summed E-state index contributed by atoms with van der Waals surface area (Å²) in [7, 11) is 1.74. The Morgan fingerprint density at radius 1 is 1.30 bits per heavy atom. The molecule has 112 valence electrons. The van der Waals surface area contributed by atoms with Crippen LogP contribution in [0, 0.1) is 0 Å². The molecule has 1 aliphatic rings. The number of ether oxygens (including phenoxy) is 2. The average molecular weight is 279 g/mol. The van der Waals surface area contributed by atoms with Crippen molar-refractivity contribution in [1.29, 1.82) is 0 Å². The molecule has 2 atom stereocenters. The SMILES string of the molecule is COC1CC(NCC(O)COC(C)c2ccccc2)C1. The summed E-state index contributed by atoms with van der Waals surface area (Å²) in [6.07, 6.45) is 1.99. The van der Waals surface area contributed by atoms with Crippen molar-refractivity contribution >= 4 is 0 Å². The van der Waals surface area contributed by atoms with E-state index in [4.69, 9.17) is 9.47 Å². The Balaban J connectivity index is 1.59. The molecule has 1 aromatic carbocycles. The fourth-order valence-corrected chi connectivity index (χ4v) is 2.36. The van der Waals surface area contributed by atoms with E-state index >= 15 is 0 Å². The van der Waals surface area contributed by atoms with Crippen molar-refractivity contribution in [3.8, 4) is 0 Å². The number of hydrogen-bond acceptors (Lipinski definition) is 4. The number of rotatable bonds is 8. The van der Waals surface area contributed by atoms with Crippen LogP contribution in [0.1, 0.15) is 31.4 Å². The van der Waals surface area contributed by atoms with Crippen LogP contribution in [-0.2, 0) is 9.47 Å². The number of nitrogens with one attached hydrogen (secondary N) is 1. The van der Waals surface area contributed by atoms with Crippen molar-refractivity contribution in [3.63, 3.8) is 0 Å². The minimum Gasteiger partial charge on any atom is -0.389 e. The van der Waals surface area contributed by atoms with Crippen LogP contribution in [0.4, 0.5) is 0 Å². The van der Waals surface area contributed by atoms with Gasteiger partial charge in [0, 0.05) is 19.7 Å². The van der Waals surface area contributed by atoms with Gasteiger partial charge in [0.05, 0.1) is 24.9 Å². The van der Waals surface area contributed by atoms with Gasteiger partial charge >= 0.3 is 0 Å². The molecule has 0 saturated heterocycles. The van der Waals surface area contributed by atoms with Gasteiger partial charge in [0.1, 0.15) is 0 Å². The monoisotopic (exact) mass is 279 g/mol. The van der Waals surface area contributed by atoms with Crippen LogP contribution < -0.4 is 5.32 Å². The number of aliphatic hydroxyl groups is 1. The second-order valence-electron chi connectivity index (χ2n) is 5.47. The molecule has 1 saturated carbocycles. The summed E-state index contributed by atoms with van der Waals surface area (Å²) in [6, 6.07) is 10.5. The van der Waals surface area contributed by atoms with Gasteiger partial charge in [-0.3, -0.25) is 0 Å². The topological polar surface area (TPSA) is 50.7 Å². The molecular weight excluding hydrogens is 254 g/mol. The molecule has 0 spiro atoms. The smallest absolute Gasteiger partial charge is 0.0898 e. The summed E-state index contributed by atoms with van der Waals surface area (Å²) in [5, 5.41) is 13.3. The van der Waals surface area contributed by atoms with Crippen molar-refractivity contribution in [3.05, 3.63) is 35.9 Å². The molecule has 1 aromatic rings. The minimum absolute atomic E-state index is 0.00687. The first-order valence-electron chi connectivity index (χ1n) is 7.29. The van der Waals surface area contributed by atoms with Crippen molar-refractivity contribution in [2.75, 3.05) is 20.3 Å². The molecule has 1 fully saturated rings. The van der Waals surface area contributed by atoms with Crippen LogP contribution in [0.3, 0.4) is 0 Å². The number of hydrogen-bond donors (Lipinski definition) is 2. The molecule has 0 aromatic heterocycles. The lowest BCUT2D eigenvalue weighted by molar-refractivity contribution is -0.0128. The average Bonchev–Trinajstić information content (AvgIpc) is 2.44. The van der Waals surface area contributed by atoms with E-state index in [1.807, 2.05) is 37.3 Å². The lowest BCUT2D eigenvalue weighted by atomic mass is 9.89. The zero-order valence-electron chi connectivity index (χ0n) is 12.3. The highest BCUT2D eigenvalue weighted by Gasteiger charge is 2.28. The molecule has 0 radical (unpaired) electrons. The molecule has 2 rings (SSSR count). The predicted octanol–water partition coefficient (Wildman–Crippen LogP) is 1.89. The van der Waals surface area contributed by atoms with Crippen LogP contribution in [-0.4, -0.2) is 43.6 Å². The Morgan fingerprint density at radius 2 is 2.00 bits per heavy atom. The first kappa shape index (κ1) is 15.4. The van der Waals surface area contributed by atoms with E-state index in [2.05, 4.69) is 5.32 Å². The third-order valence-corrected chi connectivity index (χ3v) is 3.88. The molecule has 4 heteroatoms. The van der Waals surface area contributed by atoms with Gasteiger partial charge in [0.15, 0.2) is 0 Å². The zero-order valence-corrected chi connectivity index (χ0v) is 12.3. The Bertz CT molecular complexity index is 379. The van der Waals surface area contributed by atoms with Crippen molar-refractivity contribution in [2.45, 2.75) is 44.1 Å². The van der Waals surface area contributed by atoms with Crippen LogP contribution in [0.5, 0.6) is 0 Å². The highest BCUT2D eigenvalue weighted by atomic mass is 16.5. The fourth-order valence-electron chi connectivity index (χ4n) is 2.36. The maximum absolute atomic E-state index is 9.92. The van der Waals surface area contributed by atoms with Gasteiger partial charge in [-0.05, 0) is 25.3 Å². The van der Waals surface area contributed by atoms with Crippen LogP contribution in [0.15, 0.2) is 30.3 Å². The Kier molecular flexibility index (Phi) is 5.98. The first-order valence-corrected chi connectivity index (χ1v) is 7.29. The molecule has 2 N–H and O–H groups in total. The Morgan fingerprint density at radius 3 is 2.65 bits per heavy atom. The van der Waals surface area contributed by atoms with Gasteiger partial charge < -0.3 is 19.9 Å². The van der Waals surface area contributed by atoms with Gasteiger partial charge in [-0.1, -0.05) is 30.3 Å². The zero-order chi connectivity index (χ0) is 14.4. The van der Waals surface area contributed by atoms with Crippen molar-refractivity contribution < 1.29 is 14.6 Å². The molecule has 0 amide bonds. The minimum atomic E-state index is -0.470. The van der Waals surface area contributed by atoms with E-state index in [1.165, 1.54) is 0 Å². The second-order valence-corrected chi connectivity index (χ2v) is 5.47. The Labute approximate surface area is 121 Å². The van der Waals surface area contributed by atoms with Gasteiger partial charge in [-0.25, -0.2) is 0 Å². The standard InChI is InChI=1S/C16H25NO3/c1-12(13-6-4-3-5-7-13)20-11-15(18)10-17-14-8-16(9-14)19-2/h3-7,12,14-18H,8-11H2,1-2H3. The van der Waals surface area contributed by atoms with E-state index in [0.29, 0.717) is 25.3 Å². The predicted molar refractivity (Wildman–Crippen MR) is 78.6 cm³/mol. The lowest BCUT2D eigenvalue weighted by Crippen LogP contribution is -2.47. The number of benzene rings is 1. The van der Waals surface area contributed by atoms with Crippen LogP contribution >= 0.6 is 0 Å². The van der Waals surface area contributed by atoms with E-state index in [-0.39, 0.29) is 6.10 Å². The summed E-state index contributed by atoms with van der Waals surface area (Å²) in [4.78, 5) is 0. The quantitative estimate of drug-likeness (QED) is 0.763. The largest absolute Gasteiger partial charge is 0.389 e. The molecular formula is C16H25NO3. The highest BCUT2D eigenvalue weighted by molar-refractivity contribution is 5.16. The highest BCUT2D eigenvalue weighted by Crippen LogP contribution is 2.22. The summed E-state index contributed by atoms with van der Waals surface area (Å²) in [5.74, 6) is 0. The maximum Gasteiger partial charge on any atom is 0.0898 e. The van der Waals surface area contributed by atoms with E-state index in [9.17, 15) is 5.11 Å². The maximum atomic E-state index is 9.92.